The van der Waals surface area contributed by atoms with E-state index in [1.165, 1.54) is 68.2 Å². The molecule has 0 radical (unpaired) electrons. The van der Waals surface area contributed by atoms with E-state index in [1.807, 2.05) is 25.6 Å². The van der Waals surface area contributed by atoms with Crippen LogP contribution in [0.25, 0.3) is 0 Å². The first kappa shape index (κ1) is 26.7. The molecule has 0 amide bonds. The summed E-state index contributed by atoms with van der Waals surface area (Å²) in [5.74, 6) is 0.822. The highest BCUT2D eigenvalue weighted by molar-refractivity contribution is 8.13. The van der Waals surface area contributed by atoms with Crippen molar-refractivity contribution in [1.29, 1.82) is 0 Å². The van der Waals surface area contributed by atoms with Gasteiger partial charge >= 0.3 is 0 Å². The van der Waals surface area contributed by atoms with E-state index in [1.54, 1.807) is 12.1 Å². The summed E-state index contributed by atoms with van der Waals surface area (Å²) in [6, 6.07) is 15.6. The summed E-state index contributed by atoms with van der Waals surface area (Å²) in [5.41, 5.74) is 3.50. The Morgan fingerprint density at radius 2 is 1.76 bits per heavy atom. The van der Waals surface area contributed by atoms with E-state index in [2.05, 4.69) is 41.1 Å². The van der Waals surface area contributed by atoms with Gasteiger partial charge in [0.15, 0.2) is 5.17 Å². The number of ether oxygens (including phenoxy) is 1. The maximum atomic E-state index is 12.9. The predicted molar refractivity (Wildman–Crippen MR) is 143 cm³/mol. The van der Waals surface area contributed by atoms with Crippen LogP contribution in [0.5, 0.6) is 0 Å². The molecule has 4 rings (SSSR count). The van der Waals surface area contributed by atoms with Crippen LogP contribution >= 0.6 is 11.8 Å². The van der Waals surface area contributed by atoms with E-state index >= 15 is 0 Å². The van der Waals surface area contributed by atoms with Gasteiger partial charge in [-0.05, 0) is 68.0 Å². The highest BCUT2D eigenvalue weighted by Gasteiger charge is 2.26. The zero-order chi connectivity index (χ0) is 24.2. The average molecular weight is 486 g/mol. The van der Waals surface area contributed by atoms with E-state index in [-0.39, 0.29) is 5.82 Å². The van der Waals surface area contributed by atoms with E-state index in [0.29, 0.717) is 12.6 Å². The van der Waals surface area contributed by atoms with Gasteiger partial charge in [-0.2, -0.15) is 0 Å². The van der Waals surface area contributed by atoms with Crippen molar-refractivity contribution in [3.63, 3.8) is 0 Å². The second-order valence-corrected chi connectivity index (χ2v) is 9.68. The molecule has 186 valence electrons. The second kappa shape index (κ2) is 14.5. The lowest BCUT2D eigenvalue weighted by Crippen LogP contribution is -2.45. The number of para-hydroxylation sites is 1. The third-order valence-corrected chi connectivity index (χ3v) is 7.51. The summed E-state index contributed by atoms with van der Waals surface area (Å²) in [6.45, 7) is 8.86. The summed E-state index contributed by atoms with van der Waals surface area (Å²) < 4.78 is 18.6. The first-order chi connectivity index (χ1) is 16.7. The number of benzene rings is 2. The zero-order valence-corrected chi connectivity index (χ0v) is 21.8. The Bertz CT molecular complexity index is 881. The van der Waals surface area contributed by atoms with Crippen LogP contribution < -0.4 is 0 Å². The maximum Gasteiger partial charge on any atom is 0.164 e. The third kappa shape index (κ3) is 8.10. The predicted octanol–water partition coefficient (Wildman–Crippen LogP) is 6.87. The van der Waals surface area contributed by atoms with E-state index in [9.17, 15) is 4.39 Å². The van der Waals surface area contributed by atoms with Crippen LogP contribution in [0.3, 0.4) is 0 Å². The highest BCUT2D eigenvalue weighted by Crippen LogP contribution is 2.32. The largest absolute Gasteiger partial charge is 0.377 e. The molecule has 2 aliphatic heterocycles. The van der Waals surface area contributed by atoms with Crippen LogP contribution in [0.4, 0.5) is 10.1 Å². The summed E-state index contributed by atoms with van der Waals surface area (Å²) in [5, 5.41) is 1.17. The number of likely N-dealkylation sites (tertiary alicyclic amines) is 1. The summed E-state index contributed by atoms with van der Waals surface area (Å²) in [7, 11) is 2.21. The topological polar surface area (TPSA) is 28.1 Å². The van der Waals surface area contributed by atoms with E-state index < -0.39 is 0 Å². The number of piperidine rings is 1. The van der Waals surface area contributed by atoms with Gasteiger partial charge in [-0.15, -0.1) is 0 Å². The first-order valence-corrected chi connectivity index (χ1v) is 13.7. The molecule has 0 aliphatic carbocycles. The van der Waals surface area contributed by atoms with Gasteiger partial charge in [0.1, 0.15) is 5.82 Å². The Balaban J connectivity index is 0.00000158. The molecule has 0 N–H and O–H groups in total. The molecule has 2 aromatic rings. The Morgan fingerprint density at radius 1 is 1.03 bits per heavy atom. The minimum Gasteiger partial charge on any atom is -0.377 e. The molecule has 4 nitrogen and oxygen atoms in total. The monoisotopic (exact) mass is 485 g/mol. The number of nitrogens with zero attached hydrogens (tertiary/aromatic N) is 3. The van der Waals surface area contributed by atoms with Crippen molar-refractivity contribution in [2.24, 2.45) is 4.99 Å². The van der Waals surface area contributed by atoms with Crippen molar-refractivity contribution >= 4 is 22.6 Å². The number of amidine groups is 1. The number of rotatable bonds is 9. The lowest BCUT2D eigenvalue weighted by atomic mass is 10.0. The smallest absolute Gasteiger partial charge is 0.164 e. The molecular weight excluding hydrogens is 445 g/mol. The van der Waals surface area contributed by atoms with Crippen LogP contribution in [0.15, 0.2) is 53.5 Å². The van der Waals surface area contributed by atoms with Gasteiger partial charge in [-0.3, -0.25) is 0 Å². The molecule has 6 heteroatoms. The van der Waals surface area contributed by atoms with Gasteiger partial charge in [0.05, 0.1) is 12.3 Å². The van der Waals surface area contributed by atoms with Gasteiger partial charge in [0.2, 0.25) is 0 Å². The molecule has 2 aromatic carbocycles. The number of hydrogen-bond donors (Lipinski definition) is 0. The molecular formula is C28H40FN3OS. The van der Waals surface area contributed by atoms with Gasteiger partial charge in [0.25, 0.3) is 0 Å². The lowest BCUT2D eigenvalue weighted by molar-refractivity contribution is 0.114. The molecule has 34 heavy (non-hydrogen) atoms. The fourth-order valence-electron chi connectivity index (χ4n) is 4.37. The molecule has 2 heterocycles. The van der Waals surface area contributed by atoms with Crippen molar-refractivity contribution in [3.8, 4) is 0 Å². The molecule has 0 bridgehead atoms. The molecule has 0 spiro atoms. The third-order valence-electron chi connectivity index (χ3n) is 6.42. The number of aliphatic imine (C=N–C) groups is 1. The fraction of sp³-hybridized carbons (Fsp3) is 0.536. The SMILES string of the molecule is CC.CN(C1=Nc2ccccc2CS1)C1CCN(CCCCCOCc2ccc(F)cc2)CC1. The molecule has 0 unspecified atom stereocenters. The number of thioether (sulfide) groups is 1. The Hall–Kier alpha value is -1.89. The van der Waals surface area contributed by atoms with Crippen molar-refractivity contribution in [3.05, 3.63) is 65.5 Å². The highest BCUT2D eigenvalue weighted by atomic mass is 32.2. The van der Waals surface area contributed by atoms with Crippen LogP contribution in [-0.2, 0) is 17.1 Å². The second-order valence-electron chi connectivity index (χ2n) is 8.74. The van der Waals surface area contributed by atoms with Crippen LogP contribution in [0.2, 0.25) is 0 Å². The molecule has 2 aliphatic rings. The number of fused-ring (bicyclic) bond motifs is 1. The molecule has 0 saturated carbocycles. The first-order valence-electron chi connectivity index (χ1n) is 12.8. The van der Waals surface area contributed by atoms with Crippen LogP contribution in [0.1, 0.15) is 57.1 Å². The Labute approximate surface area is 209 Å². The lowest BCUT2D eigenvalue weighted by Gasteiger charge is -2.38. The molecule has 0 aromatic heterocycles. The molecule has 1 fully saturated rings. The Kier molecular flexibility index (Phi) is 11.4. The van der Waals surface area contributed by atoms with Crippen LogP contribution in [0, 0.1) is 5.82 Å². The number of halogens is 1. The van der Waals surface area contributed by atoms with Crippen molar-refractivity contribution < 1.29 is 9.13 Å². The maximum absolute atomic E-state index is 12.9. The standard InChI is InChI=1S/C26H34FN3OS.C2H6/c1-29(26-28-25-8-4-3-7-22(25)20-32-26)24-13-16-30(17-14-24)15-5-2-6-18-31-19-21-9-11-23(27)12-10-21;1-2/h3-4,7-12,24H,2,5-6,13-20H2,1H3;1-2H3. The summed E-state index contributed by atoms with van der Waals surface area (Å²) >= 11 is 1.86. The fourth-order valence-corrected chi connectivity index (χ4v) is 5.42. The van der Waals surface area contributed by atoms with Crippen molar-refractivity contribution in [2.45, 2.75) is 64.4 Å². The van der Waals surface area contributed by atoms with Crippen LogP contribution in [-0.4, -0.2) is 54.3 Å². The normalized spacial score (nSPS) is 16.3. The summed E-state index contributed by atoms with van der Waals surface area (Å²) in [6.07, 6.45) is 5.91. The minimum absolute atomic E-state index is 0.197. The average Bonchev–Trinajstić information content (AvgIpc) is 2.90. The molecule has 1 saturated heterocycles. The number of hydrogen-bond acceptors (Lipinski definition) is 5. The van der Waals surface area contributed by atoms with Gasteiger partial charge in [0, 0.05) is 38.5 Å². The Morgan fingerprint density at radius 3 is 2.53 bits per heavy atom. The van der Waals surface area contributed by atoms with Crippen molar-refractivity contribution in [2.75, 3.05) is 33.3 Å². The zero-order valence-electron chi connectivity index (χ0n) is 21.0. The quantitative estimate of drug-likeness (QED) is 0.362. The summed E-state index contributed by atoms with van der Waals surface area (Å²) in [4.78, 5) is 9.93. The molecule has 0 atom stereocenters. The minimum atomic E-state index is -0.197. The number of unbranched alkanes of at least 4 members (excludes halogenated alkanes) is 2. The van der Waals surface area contributed by atoms with E-state index in [0.717, 1.165) is 30.0 Å². The van der Waals surface area contributed by atoms with Gasteiger partial charge in [-0.25, -0.2) is 9.38 Å². The van der Waals surface area contributed by atoms with Gasteiger partial charge < -0.3 is 14.5 Å². The van der Waals surface area contributed by atoms with Gasteiger partial charge in [-0.1, -0.05) is 55.9 Å². The van der Waals surface area contributed by atoms with Crippen molar-refractivity contribution in [1.82, 2.24) is 9.80 Å². The van der Waals surface area contributed by atoms with E-state index in [4.69, 9.17) is 9.73 Å².